The zero-order chi connectivity index (χ0) is 14.8. The predicted molar refractivity (Wildman–Crippen MR) is 84.3 cm³/mol. The lowest BCUT2D eigenvalue weighted by Gasteiger charge is -2.31. The molecule has 1 fully saturated rings. The molecule has 0 radical (unpaired) electrons. The van der Waals surface area contributed by atoms with Crippen LogP contribution in [0.15, 0.2) is 23.1 Å². The molecule has 2 rings (SSSR count). The summed E-state index contributed by atoms with van der Waals surface area (Å²) in [6.07, 6.45) is 1.80. The molecule has 0 aromatic heterocycles. The van der Waals surface area contributed by atoms with Gasteiger partial charge in [-0.15, -0.1) is 12.4 Å². The van der Waals surface area contributed by atoms with Crippen LogP contribution in [0, 0.1) is 11.3 Å². The van der Waals surface area contributed by atoms with E-state index in [4.69, 9.17) is 16.9 Å². The smallest absolute Gasteiger partial charge is 0.243 e. The number of hydrogen-bond acceptors (Lipinski definition) is 4. The second-order valence-electron chi connectivity index (χ2n) is 4.74. The summed E-state index contributed by atoms with van der Waals surface area (Å²) in [7, 11) is -1.72. The van der Waals surface area contributed by atoms with Gasteiger partial charge < -0.3 is 5.32 Å². The maximum atomic E-state index is 12.6. The van der Waals surface area contributed by atoms with Gasteiger partial charge in [0.1, 0.15) is 6.07 Å². The predicted octanol–water partition coefficient (Wildman–Crippen LogP) is 2.01. The molecule has 0 bridgehead atoms. The van der Waals surface area contributed by atoms with Gasteiger partial charge in [-0.25, -0.2) is 8.42 Å². The van der Waals surface area contributed by atoms with Gasteiger partial charge in [-0.05, 0) is 38.1 Å². The van der Waals surface area contributed by atoms with E-state index in [9.17, 15) is 8.42 Å². The summed E-state index contributed by atoms with van der Waals surface area (Å²) in [5.74, 6) is 0. The lowest BCUT2D eigenvalue weighted by molar-refractivity contribution is 0.293. The quantitative estimate of drug-likeness (QED) is 0.905. The monoisotopic (exact) mass is 349 g/mol. The van der Waals surface area contributed by atoms with Gasteiger partial charge in [0, 0.05) is 19.1 Å². The number of piperidine rings is 1. The summed E-state index contributed by atoms with van der Waals surface area (Å²) >= 11 is 5.91. The van der Waals surface area contributed by atoms with Gasteiger partial charge in [-0.3, -0.25) is 0 Å². The van der Waals surface area contributed by atoms with E-state index in [1.54, 1.807) is 0 Å². The Kier molecular flexibility index (Phi) is 6.44. The highest BCUT2D eigenvalue weighted by Gasteiger charge is 2.29. The molecule has 1 saturated heterocycles. The second kappa shape index (κ2) is 7.43. The Morgan fingerprint density at radius 1 is 1.48 bits per heavy atom. The molecule has 1 heterocycles. The Labute approximate surface area is 136 Å². The van der Waals surface area contributed by atoms with Crippen LogP contribution in [0.1, 0.15) is 18.4 Å². The molecule has 0 spiro atoms. The molecule has 116 valence electrons. The molecule has 0 amide bonds. The zero-order valence-electron chi connectivity index (χ0n) is 11.5. The van der Waals surface area contributed by atoms with E-state index in [-0.39, 0.29) is 33.9 Å². The molecular formula is C13H17Cl2N3O2S. The topological polar surface area (TPSA) is 73.2 Å². The molecule has 0 saturated carbocycles. The fourth-order valence-corrected chi connectivity index (χ4v) is 4.13. The van der Waals surface area contributed by atoms with Crippen LogP contribution >= 0.6 is 24.0 Å². The van der Waals surface area contributed by atoms with Gasteiger partial charge in [-0.2, -0.15) is 9.57 Å². The number of hydrogen-bond donors (Lipinski definition) is 1. The lowest BCUT2D eigenvalue weighted by atomic mass is 10.1. The summed E-state index contributed by atoms with van der Waals surface area (Å²) in [6.45, 7) is 0.967. The Hall–Kier alpha value is -0.840. The molecule has 1 aromatic rings. The molecule has 1 aromatic carbocycles. The third-order valence-electron chi connectivity index (χ3n) is 3.49. The lowest BCUT2D eigenvalue weighted by Crippen LogP contribution is -2.46. The molecule has 1 unspecified atom stereocenters. The summed E-state index contributed by atoms with van der Waals surface area (Å²) in [5, 5.41) is 12.1. The molecule has 8 heteroatoms. The fraction of sp³-hybridized carbons (Fsp3) is 0.462. The summed E-state index contributed by atoms with van der Waals surface area (Å²) < 4.78 is 26.6. The fourth-order valence-electron chi connectivity index (χ4n) is 2.29. The first-order chi connectivity index (χ1) is 9.48. The zero-order valence-corrected chi connectivity index (χ0v) is 13.9. The van der Waals surface area contributed by atoms with Crippen molar-refractivity contribution in [2.24, 2.45) is 0 Å². The standard InChI is InChI=1S/C13H16ClN3O2S.ClH/c1-16-11-3-2-6-17(9-11)20(18,19)12-5-4-10(8-15)13(14)7-12;/h4-5,7,11,16H,2-3,6,9H2,1H3;1H. The number of rotatable bonds is 3. The minimum atomic E-state index is -3.55. The number of halogens is 2. The first-order valence-corrected chi connectivity index (χ1v) is 8.18. The average Bonchev–Trinajstić information content (AvgIpc) is 2.47. The van der Waals surface area contributed by atoms with Crippen molar-refractivity contribution in [3.8, 4) is 6.07 Å². The van der Waals surface area contributed by atoms with E-state index in [0.29, 0.717) is 13.1 Å². The number of benzene rings is 1. The van der Waals surface area contributed by atoms with Gasteiger partial charge in [0.15, 0.2) is 0 Å². The first-order valence-electron chi connectivity index (χ1n) is 6.36. The molecule has 5 nitrogen and oxygen atoms in total. The number of nitriles is 1. The van der Waals surface area contributed by atoms with Gasteiger partial charge >= 0.3 is 0 Å². The first kappa shape index (κ1) is 18.2. The van der Waals surface area contributed by atoms with Gasteiger partial charge in [0.05, 0.1) is 15.5 Å². The van der Waals surface area contributed by atoms with E-state index in [1.165, 1.54) is 22.5 Å². The average molecular weight is 350 g/mol. The summed E-state index contributed by atoms with van der Waals surface area (Å²) in [6, 6.07) is 6.31. The summed E-state index contributed by atoms with van der Waals surface area (Å²) in [5.41, 5.74) is 0.275. The number of nitrogens with one attached hydrogen (secondary N) is 1. The van der Waals surface area contributed by atoms with Crippen molar-refractivity contribution in [1.82, 2.24) is 9.62 Å². The van der Waals surface area contributed by atoms with Crippen molar-refractivity contribution in [3.63, 3.8) is 0 Å². The van der Waals surface area contributed by atoms with Crippen molar-refractivity contribution in [3.05, 3.63) is 28.8 Å². The van der Waals surface area contributed by atoms with Crippen LogP contribution in [-0.2, 0) is 10.0 Å². The van der Waals surface area contributed by atoms with Crippen molar-refractivity contribution in [2.45, 2.75) is 23.8 Å². The van der Waals surface area contributed by atoms with E-state index in [1.807, 2.05) is 13.1 Å². The van der Waals surface area contributed by atoms with E-state index in [0.717, 1.165) is 12.8 Å². The molecule has 1 atom stereocenters. The van der Waals surface area contributed by atoms with Gasteiger partial charge in [0.2, 0.25) is 10.0 Å². The van der Waals surface area contributed by atoms with Crippen LogP contribution in [-0.4, -0.2) is 38.9 Å². The van der Waals surface area contributed by atoms with Gasteiger partial charge in [-0.1, -0.05) is 11.6 Å². The Bertz CT molecular complexity index is 643. The van der Waals surface area contributed by atoms with Crippen LogP contribution in [0.3, 0.4) is 0 Å². The molecular weight excluding hydrogens is 333 g/mol. The summed E-state index contributed by atoms with van der Waals surface area (Å²) in [4.78, 5) is 0.137. The molecule has 21 heavy (non-hydrogen) atoms. The Morgan fingerprint density at radius 3 is 2.76 bits per heavy atom. The minimum absolute atomic E-state index is 0. The minimum Gasteiger partial charge on any atom is -0.316 e. The number of nitrogens with zero attached hydrogens (tertiary/aromatic N) is 2. The maximum absolute atomic E-state index is 12.6. The Balaban J connectivity index is 0.00000220. The number of sulfonamides is 1. The van der Waals surface area contributed by atoms with Crippen LogP contribution in [0.4, 0.5) is 0 Å². The van der Waals surface area contributed by atoms with Gasteiger partial charge in [0.25, 0.3) is 0 Å². The van der Waals surface area contributed by atoms with Crippen molar-refractivity contribution in [2.75, 3.05) is 20.1 Å². The largest absolute Gasteiger partial charge is 0.316 e. The van der Waals surface area contributed by atoms with Crippen molar-refractivity contribution >= 4 is 34.0 Å². The normalized spacial score (nSPS) is 19.6. The van der Waals surface area contributed by atoms with Crippen molar-refractivity contribution in [1.29, 1.82) is 5.26 Å². The van der Waals surface area contributed by atoms with E-state index < -0.39 is 10.0 Å². The number of likely N-dealkylation sites (N-methyl/N-ethyl adjacent to an activating group) is 1. The highest BCUT2D eigenvalue weighted by Crippen LogP contribution is 2.25. The molecule has 1 aliphatic heterocycles. The van der Waals surface area contributed by atoms with Crippen LogP contribution in [0.25, 0.3) is 0 Å². The SMILES string of the molecule is CNC1CCCN(S(=O)(=O)c2ccc(C#N)c(Cl)c2)C1.Cl. The van der Waals surface area contributed by atoms with Crippen LogP contribution in [0.2, 0.25) is 5.02 Å². The highest BCUT2D eigenvalue weighted by molar-refractivity contribution is 7.89. The second-order valence-corrected chi connectivity index (χ2v) is 7.09. The van der Waals surface area contributed by atoms with E-state index in [2.05, 4.69) is 5.32 Å². The molecule has 1 aliphatic rings. The third kappa shape index (κ3) is 3.87. The van der Waals surface area contributed by atoms with E-state index >= 15 is 0 Å². The van der Waals surface area contributed by atoms with Crippen LogP contribution < -0.4 is 5.32 Å². The van der Waals surface area contributed by atoms with Crippen LogP contribution in [0.5, 0.6) is 0 Å². The highest BCUT2D eigenvalue weighted by atomic mass is 35.5. The molecule has 1 N–H and O–H groups in total. The maximum Gasteiger partial charge on any atom is 0.243 e. The third-order valence-corrected chi connectivity index (χ3v) is 5.66. The Morgan fingerprint density at radius 2 is 2.19 bits per heavy atom. The van der Waals surface area contributed by atoms with Crippen molar-refractivity contribution < 1.29 is 8.42 Å². The molecule has 0 aliphatic carbocycles.